The number of phenolic OH excluding ortho intramolecular Hbond substituents is 2. The summed E-state index contributed by atoms with van der Waals surface area (Å²) in [5, 5.41) is 22.2. The van der Waals surface area contributed by atoms with Gasteiger partial charge >= 0.3 is 0 Å². The number of aliphatic imine (C=N–C) groups is 2. The average Bonchev–Trinajstić information content (AvgIpc) is 2.82. The lowest BCUT2D eigenvalue weighted by molar-refractivity contribution is 0.390. The van der Waals surface area contributed by atoms with E-state index in [4.69, 9.17) is 9.98 Å². The summed E-state index contributed by atoms with van der Waals surface area (Å²) in [6.07, 6.45) is 9.86. The van der Waals surface area contributed by atoms with Crippen molar-refractivity contribution >= 4 is 12.4 Å². The lowest BCUT2D eigenvalue weighted by Crippen LogP contribution is -2.27. The molecular weight excluding hydrogens is 492 g/mol. The van der Waals surface area contributed by atoms with Crippen molar-refractivity contribution in [1.29, 1.82) is 0 Å². The van der Waals surface area contributed by atoms with Gasteiger partial charge < -0.3 is 10.2 Å². The second-order valence-electron chi connectivity index (χ2n) is 15.0. The van der Waals surface area contributed by atoms with Gasteiger partial charge in [0, 0.05) is 23.6 Å². The Labute approximate surface area is 244 Å². The Morgan fingerprint density at radius 2 is 1.02 bits per heavy atom. The summed E-state index contributed by atoms with van der Waals surface area (Å²) in [4.78, 5) is 10.0. The van der Waals surface area contributed by atoms with E-state index in [1.54, 1.807) is 0 Å². The second-order valence-corrected chi connectivity index (χ2v) is 15.0. The standard InChI is InChI=1S/C36H54N2O2/c1-23(2)29-17-25(19-35(5,6)7)15-27(33(29)39)21-37-31-13-11-12-14-32(31)38-22-28-16-26(20-36(8,9)10)18-30(24(3)4)34(28)40/h15-18,21-24,31-32,39-40H,11-14,19-20H2,1-10H3. The van der Waals surface area contributed by atoms with Gasteiger partial charge in [0.1, 0.15) is 11.5 Å². The molecule has 0 radical (unpaired) electrons. The summed E-state index contributed by atoms with van der Waals surface area (Å²) in [6.45, 7) is 22.0. The van der Waals surface area contributed by atoms with E-state index in [9.17, 15) is 10.2 Å². The van der Waals surface area contributed by atoms with E-state index in [1.165, 1.54) is 11.1 Å². The highest BCUT2D eigenvalue weighted by Gasteiger charge is 2.24. The predicted octanol–water partition coefficient (Wildman–Crippen LogP) is 9.37. The number of benzene rings is 2. The molecule has 2 aromatic rings. The van der Waals surface area contributed by atoms with Crippen molar-refractivity contribution in [3.05, 3.63) is 57.6 Å². The molecular formula is C36H54N2O2. The Hall–Kier alpha value is -2.62. The third-order valence-corrected chi connectivity index (χ3v) is 7.67. The molecule has 2 atom stereocenters. The van der Waals surface area contributed by atoms with Gasteiger partial charge in [-0.1, -0.05) is 94.2 Å². The number of hydrogen-bond acceptors (Lipinski definition) is 4. The molecule has 4 heteroatoms. The number of nitrogens with zero attached hydrogens (tertiary/aromatic N) is 2. The van der Waals surface area contributed by atoms with Gasteiger partial charge in [-0.05, 0) is 82.7 Å². The third-order valence-electron chi connectivity index (χ3n) is 7.67. The Kier molecular flexibility index (Phi) is 10.3. The number of aromatic hydroxyl groups is 2. The summed E-state index contributed by atoms with van der Waals surface area (Å²) in [7, 11) is 0. The molecule has 0 amide bonds. The monoisotopic (exact) mass is 546 g/mol. The lowest BCUT2D eigenvalue weighted by Gasteiger charge is -2.26. The lowest BCUT2D eigenvalue weighted by atomic mass is 9.85. The van der Waals surface area contributed by atoms with Crippen LogP contribution in [0.1, 0.15) is 140 Å². The van der Waals surface area contributed by atoms with Crippen molar-refractivity contribution in [2.75, 3.05) is 0 Å². The van der Waals surface area contributed by atoms with Crippen LogP contribution in [0, 0.1) is 10.8 Å². The van der Waals surface area contributed by atoms with Crippen LogP contribution < -0.4 is 0 Å². The first-order chi connectivity index (χ1) is 18.5. The Balaban J connectivity index is 1.92. The van der Waals surface area contributed by atoms with Gasteiger partial charge in [-0.25, -0.2) is 0 Å². The number of phenols is 2. The van der Waals surface area contributed by atoms with Crippen LogP contribution >= 0.6 is 0 Å². The van der Waals surface area contributed by atoms with E-state index in [1.807, 2.05) is 12.4 Å². The van der Waals surface area contributed by atoms with E-state index >= 15 is 0 Å². The maximum Gasteiger partial charge on any atom is 0.127 e. The van der Waals surface area contributed by atoms with Crippen molar-refractivity contribution in [3.8, 4) is 11.5 Å². The van der Waals surface area contributed by atoms with Crippen molar-refractivity contribution < 1.29 is 10.2 Å². The maximum absolute atomic E-state index is 11.1. The number of rotatable bonds is 8. The summed E-state index contributed by atoms with van der Waals surface area (Å²) in [5.41, 5.74) is 6.35. The van der Waals surface area contributed by atoms with Crippen LogP contribution in [-0.2, 0) is 12.8 Å². The fourth-order valence-corrected chi connectivity index (χ4v) is 5.79. The highest BCUT2D eigenvalue weighted by molar-refractivity contribution is 5.86. The van der Waals surface area contributed by atoms with Gasteiger partial charge in [-0.3, -0.25) is 9.98 Å². The van der Waals surface area contributed by atoms with Gasteiger partial charge in [-0.15, -0.1) is 0 Å². The Morgan fingerprint density at radius 1 is 0.675 bits per heavy atom. The Morgan fingerprint density at radius 3 is 1.32 bits per heavy atom. The first-order valence-electron chi connectivity index (χ1n) is 15.3. The average molecular weight is 547 g/mol. The predicted molar refractivity (Wildman–Crippen MR) is 172 cm³/mol. The van der Waals surface area contributed by atoms with Crippen molar-refractivity contribution in [2.24, 2.45) is 20.8 Å². The van der Waals surface area contributed by atoms with Gasteiger partial charge in [0.25, 0.3) is 0 Å². The molecule has 2 N–H and O–H groups in total. The van der Waals surface area contributed by atoms with Crippen LogP contribution in [0.4, 0.5) is 0 Å². The topological polar surface area (TPSA) is 65.2 Å². The first-order valence-corrected chi connectivity index (χ1v) is 15.3. The molecule has 0 bridgehead atoms. The van der Waals surface area contributed by atoms with Gasteiger partial charge in [0.15, 0.2) is 0 Å². The molecule has 220 valence electrons. The molecule has 0 aromatic heterocycles. The molecule has 40 heavy (non-hydrogen) atoms. The summed E-state index contributed by atoms with van der Waals surface area (Å²) < 4.78 is 0. The highest BCUT2D eigenvalue weighted by atomic mass is 16.3. The molecule has 0 aliphatic heterocycles. The minimum Gasteiger partial charge on any atom is -0.507 e. The first kappa shape index (κ1) is 31.9. The molecule has 1 fully saturated rings. The summed E-state index contributed by atoms with van der Waals surface area (Å²) in [5.74, 6) is 1.15. The zero-order valence-corrected chi connectivity index (χ0v) is 26.8. The molecule has 1 aliphatic carbocycles. The van der Waals surface area contributed by atoms with Crippen molar-refractivity contribution in [2.45, 2.75) is 132 Å². The fraction of sp³-hybridized carbons (Fsp3) is 0.611. The SMILES string of the molecule is CC(C)c1cc(CC(C)(C)C)cc(C=NC2CCCCC2N=Cc2cc(CC(C)(C)C)cc(C(C)C)c2O)c1O. The maximum atomic E-state index is 11.1. The van der Waals surface area contributed by atoms with E-state index < -0.39 is 0 Å². The zero-order chi connectivity index (χ0) is 29.8. The second kappa shape index (κ2) is 12.9. The molecule has 3 rings (SSSR count). The van der Waals surface area contributed by atoms with E-state index in [2.05, 4.69) is 93.5 Å². The molecule has 2 unspecified atom stereocenters. The molecule has 0 spiro atoms. The van der Waals surface area contributed by atoms with Crippen LogP contribution in [0.3, 0.4) is 0 Å². The fourth-order valence-electron chi connectivity index (χ4n) is 5.79. The molecule has 0 saturated heterocycles. The molecule has 0 heterocycles. The summed E-state index contributed by atoms with van der Waals surface area (Å²) >= 11 is 0. The van der Waals surface area contributed by atoms with Crippen molar-refractivity contribution in [3.63, 3.8) is 0 Å². The van der Waals surface area contributed by atoms with Crippen LogP contribution in [-0.4, -0.2) is 34.7 Å². The minimum atomic E-state index is 0.0580. The Bertz CT molecular complexity index is 1110. The van der Waals surface area contributed by atoms with Gasteiger partial charge in [-0.2, -0.15) is 0 Å². The molecule has 1 aliphatic rings. The van der Waals surface area contributed by atoms with Crippen LogP contribution in [0.25, 0.3) is 0 Å². The summed E-state index contributed by atoms with van der Waals surface area (Å²) in [6, 6.07) is 8.63. The van der Waals surface area contributed by atoms with Crippen LogP contribution in [0.2, 0.25) is 0 Å². The minimum absolute atomic E-state index is 0.0580. The largest absolute Gasteiger partial charge is 0.507 e. The molecule has 4 nitrogen and oxygen atoms in total. The van der Waals surface area contributed by atoms with Gasteiger partial charge in [0.2, 0.25) is 0 Å². The highest BCUT2D eigenvalue weighted by Crippen LogP contribution is 2.34. The zero-order valence-electron chi connectivity index (χ0n) is 26.8. The third kappa shape index (κ3) is 8.94. The van der Waals surface area contributed by atoms with Gasteiger partial charge in [0.05, 0.1) is 12.1 Å². The smallest absolute Gasteiger partial charge is 0.127 e. The number of hydrogen-bond donors (Lipinski definition) is 2. The van der Waals surface area contributed by atoms with E-state index in [-0.39, 0.29) is 34.7 Å². The molecule has 2 aromatic carbocycles. The molecule has 1 saturated carbocycles. The van der Waals surface area contributed by atoms with E-state index in [0.29, 0.717) is 11.5 Å². The van der Waals surface area contributed by atoms with Crippen LogP contribution in [0.5, 0.6) is 11.5 Å². The van der Waals surface area contributed by atoms with Crippen LogP contribution in [0.15, 0.2) is 34.3 Å². The van der Waals surface area contributed by atoms with E-state index in [0.717, 1.165) is 60.8 Å². The van der Waals surface area contributed by atoms with Crippen molar-refractivity contribution in [1.82, 2.24) is 0 Å². The normalized spacial score (nSPS) is 19.0. The quantitative estimate of drug-likeness (QED) is 0.324.